The Morgan fingerprint density at radius 1 is 0.964 bits per heavy atom. The Balaban J connectivity index is 2.26. The highest BCUT2D eigenvalue weighted by atomic mass is 32.2. The van der Waals surface area contributed by atoms with Crippen LogP contribution in [0.1, 0.15) is 16.8 Å². The molecule has 4 nitrogen and oxygen atoms in total. The maximum Gasteiger partial charge on any atom is 0.435 e. The zero-order valence-electron chi connectivity index (χ0n) is 15.2. The molecular weight excluding hydrogens is 396 g/mol. The molecule has 0 atom stereocenters. The summed E-state index contributed by atoms with van der Waals surface area (Å²) in [5.41, 5.74) is 1.13. The second-order valence-electron chi connectivity index (χ2n) is 6.59. The van der Waals surface area contributed by atoms with Gasteiger partial charge in [0.1, 0.15) is 10.7 Å². The number of nitrogens with zero attached hydrogens (tertiary/aromatic N) is 2. The van der Waals surface area contributed by atoms with Crippen LogP contribution in [0.2, 0.25) is 0 Å². The lowest BCUT2D eigenvalue weighted by Crippen LogP contribution is -2.08. The van der Waals surface area contributed by atoms with Crippen molar-refractivity contribution in [3.63, 3.8) is 0 Å². The van der Waals surface area contributed by atoms with Crippen molar-refractivity contribution >= 4 is 9.84 Å². The molecule has 0 spiro atoms. The average Bonchev–Trinajstić information content (AvgIpc) is 2.98. The topological polar surface area (TPSA) is 52.0 Å². The van der Waals surface area contributed by atoms with Crippen LogP contribution in [0.3, 0.4) is 0 Å². The number of halogens is 4. The number of aryl methyl sites for hydroxylation is 2. The third-order valence-corrected chi connectivity index (χ3v) is 5.21. The van der Waals surface area contributed by atoms with E-state index in [2.05, 4.69) is 5.10 Å². The van der Waals surface area contributed by atoms with Crippen molar-refractivity contribution in [3.05, 3.63) is 65.1 Å². The van der Waals surface area contributed by atoms with E-state index in [1.165, 1.54) is 6.07 Å². The van der Waals surface area contributed by atoms with Crippen molar-refractivity contribution in [1.82, 2.24) is 9.78 Å². The Labute approximate surface area is 159 Å². The maximum absolute atomic E-state index is 14.3. The molecule has 28 heavy (non-hydrogen) atoms. The van der Waals surface area contributed by atoms with Gasteiger partial charge in [0.25, 0.3) is 0 Å². The van der Waals surface area contributed by atoms with Crippen LogP contribution in [0.4, 0.5) is 17.6 Å². The van der Waals surface area contributed by atoms with Crippen LogP contribution in [0.15, 0.2) is 47.4 Å². The summed E-state index contributed by atoms with van der Waals surface area (Å²) in [7, 11) is -3.81. The van der Waals surface area contributed by atoms with Gasteiger partial charge in [-0.2, -0.15) is 18.3 Å². The molecule has 0 saturated carbocycles. The number of hydrogen-bond donors (Lipinski definition) is 0. The fraction of sp³-hybridized carbons (Fsp3) is 0.211. The van der Waals surface area contributed by atoms with Gasteiger partial charge in [0.15, 0.2) is 15.5 Å². The van der Waals surface area contributed by atoms with Crippen molar-refractivity contribution < 1.29 is 26.0 Å². The molecule has 148 valence electrons. The first-order valence-corrected chi connectivity index (χ1v) is 10.0. The molecule has 0 saturated heterocycles. The molecule has 1 aromatic heterocycles. The SMILES string of the molecule is Cc1cc(C)cc(-c2cc(C(F)(F)F)nn2-c2ccc(S(C)(=O)=O)c(F)c2)c1. The number of benzene rings is 2. The summed E-state index contributed by atoms with van der Waals surface area (Å²) in [4.78, 5) is -0.535. The van der Waals surface area contributed by atoms with Crippen LogP contribution in [0, 0.1) is 19.7 Å². The summed E-state index contributed by atoms with van der Waals surface area (Å²) in [6.07, 6.45) is -3.84. The second kappa shape index (κ2) is 6.73. The number of hydrogen-bond acceptors (Lipinski definition) is 3. The molecule has 3 rings (SSSR count). The third kappa shape index (κ3) is 3.94. The van der Waals surface area contributed by atoms with E-state index in [9.17, 15) is 26.0 Å². The van der Waals surface area contributed by atoms with Crippen LogP contribution in [0.5, 0.6) is 0 Å². The molecule has 0 unspecified atom stereocenters. The normalized spacial score (nSPS) is 12.4. The molecule has 1 heterocycles. The van der Waals surface area contributed by atoms with Gasteiger partial charge in [0.2, 0.25) is 0 Å². The molecule has 3 aromatic rings. The molecule has 0 bridgehead atoms. The van der Waals surface area contributed by atoms with Crippen molar-refractivity contribution in [1.29, 1.82) is 0 Å². The number of rotatable bonds is 3. The van der Waals surface area contributed by atoms with Crippen LogP contribution >= 0.6 is 0 Å². The fourth-order valence-corrected chi connectivity index (χ4v) is 3.70. The first kappa shape index (κ1) is 20.1. The van der Waals surface area contributed by atoms with Crippen LogP contribution in [-0.4, -0.2) is 24.5 Å². The van der Waals surface area contributed by atoms with Crippen LogP contribution < -0.4 is 0 Å². The molecule has 0 fully saturated rings. The molecule has 0 aliphatic rings. The number of alkyl halides is 3. The summed E-state index contributed by atoms with van der Waals surface area (Å²) >= 11 is 0. The van der Waals surface area contributed by atoms with Gasteiger partial charge in [-0.15, -0.1) is 0 Å². The van der Waals surface area contributed by atoms with Gasteiger partial charge in [-0.25, -0.2) is 17.5 Å². The van der Waals surface area contributed by atoms with E-state index < -0.39 is 32.4 Å². The minimum Gasteiger partial charge on any atom is -0.232 e. The van der Waals surface area contributed by atoms with E-state index in [4.69, 9.17) is 0 Å². The Bertz CT molecular complexity index is 1140. The Morgan fingerprint density at radius 3 is 2.07 bits per heavy atom. The lowest BCUT2D eigenvalue weighted by Gasteiger charge is -2.10. The molecule has 0 amide bonds. The summed E-state index contributed by atoms with van der Waals surface area (Å²) in [5, 5.41) is 3.60. The Kier molecular flexibility index (Phi) is 4.82. The average molecular weight is 412 g/mol. The monoisotopic (exact) mass is 412 g/mol. The highest BCUT2D eigenvalue weighted by Gasteiger charge is 2.35. The van der Waals surface area contributed by atoms with Gasteiger partial charge in [-0.05, 0) is 44.2 Å². The molecule has 0 radical (unpaired) electrons. The van der Waals surface area contributed by atoms with E-state index in [1.807, 2.05) is 19.9 Å². The van der Waals surface area contributed by atoms with Crippen molar-refractivity contribution in [2.75, 3.05) is 6.26 Å². The zero-order valence-corrected chi connectivity index (χ0v) is 16.0. The van der Waals surface area contributed by atoms with Crippen molar-refractivity contribution in [2.45, 2.75) is 24.9 Å². The van der Waals surface area contributed by atoms with Gasteiger partial charge in [-0.1, -0.05) is 17.2 Å². The van der Waals surface area contributed by atoms with Crippen molar-refractivity contribution in [3.8, 4) is 16.9 Å². The van der Waals surface area contributed by atoms with E-state index >= 15 is 0 Å². The minimum absolute atomic E-state index is 0.0189. The molecule has 0 N–H and O–H groups in total. The van der Waals surface area contributed by atoms with Gasteiger partial charge in [0.05, 0.1) is 11.4 Å². The standard InChI is InChI=1S/C19H16F4N2O2S/c1-11-6-12(2)8-13(7-11)16-10-18(19(21,22)23)24-25(16)14-4-5-17(15(20)9-14)28(3,26)27/h4-10H,1-3H3. The van der Waals surface area contributed by atoms with Gasteiger partial charge < -0.3 is 0 Å². The lowest BCUT2D eigenvalue weighted by molar-refractivity contribution is -0.141. The highest BCUT2D eigenvalue weighted by molar-refractivity contribution is 7.90. The predicted molar refractivity (Wildman–Crippen MR) is 96.5 cm³/mol. The third-order valence-electron chi connectivity index (χ3n) is 4.08. The molecule has 0 aliphatic heterocycles. The minimum atomic E-state index is -4.69. The van der Waals surface area contributed by atoms with E-state index in [0.29, 0.717) is 5.56 Å². The first-order valence-electron chi connectivity index (χ1n) is 8.12. The highest BCUT2D eigenvalue weighted by Crippen LogP contribution is 2.34. The largest absolute Gasteiger partial charge is 0.435 e. The first-order chi connectivity index (χ1) is 12.9. The molecule has 9 heteroatoms. The quantitative estimate of drug-likeness (QED) is 0.585. The molecule has 2 aromatic carbocycles. The summed E-state index contributed by atoms with van der Waals surface area (Å²) in [6.45, 7) is 3.62. The van der Waals surface area contributed by atoms with E-state index in [-0.39, 0.29) is 11.4 Å². The van der Waals surface area contributed by atoms with E-state index in [1.54, 1.807) is 12.1 Å². The Hall–Kier alpha value is -2.68. The smallest absolute Gasteiger partial charge is 0.232 e. The fourth-order valence-electron chi connectivity index (χ4n) is 2.97. The Morgan fingerprint density at radius 2 is 1.57 bits per heavy atom. The summed E-state index contributed by atoms with van der Waals surface area (Å²) < 4.78 is 78.2. The van der Waals surface area contributed by atoms with Gasteiger partial charge in [-0.3, -0.25) is 0 Å². The molecule has 0 aliphatic carbocycles. The van der Waals surface area contributed by atoms with Crippen LogP contribution in [-0.2, 0) is 16.0 Å². The maximum atomic E-state index is 14.3. The predicted octanol–water partition coefficient (Wildman–Crippen LogP) is 4.72. The van der Waals surface area contributed by atoms with Gasteiger partial charge in [0, 0.05) is 17.9 Å². The summed E-state index contributed by atoms with van der Waals surface area (Å²) in [6, 6.07) is 9.24. The lowest BCUT2D eigenvalue weighted by atomic mass is 10.0. The van der Waals surface area contributed by atoms with Gasteiger partial charge >= 0.3 is 6.18 Å². The van der Waals surface area contributed by atoms with Crippen LogP contribution in [0.25, 0.3) is 16.9 Å². The number of aromatic nitrogens is 2. The second-order valence-corrected chi connectivity index (χ2v) is 8.57. The zero-order chi connectivity index (χ0) is 20.9. The summed E-state index contributed by atoms with van der Waals surface area (Å²) in [5.74, 6) is -1.06. The number of sulfone groups is 1. The van der Waals surface area contributed by atoms with E-state index in [0.717, 1.165) is 40.3 Å². The van der Waals surface area contributed by atoms with Crippen molar-refractivity contribution in [2.24, 2.45) is 0 Å². The molecular formula is C19H16F4N2O2S.